The maximum Gasteiger partial charge on any atom is 0.335 e. The van der Waals surface area contributed by atoms with E-state index >= 15 is 9.59 Å². The Morgan fingerprint density at radius 1 is 0.609 bits per heavy atom. The first-order chi connectivity index (χ1) is 66.2. The smallest absolute Gasteiger partial charge is 0.335 e. The van der Waals surface area contributed by atoms with Crippen molar-refractivity contribution in [2.75, 3.05) is 205 Å². The number of aliphatic hydroxyl groups is 3. The number of carboxylic acids is 3. The zero-order chi connectivity index (χ0) is 101. The number of hydrogen-bond acceptors (Lipinski definition) is 33. The monoisotopic (exact) mass is 1980 g/mol. The van der Waals surface area contributed by atoms with Crippen molar-refractivity contribution in [3.63, 3.8) is 0 Å². The summed E-state index contributed by atoms with van der Waals surface area (Å²) in [7, 11) is 5.19. The zero-order valence-electron chi connectivity index (χ0n) is 81.3. The molecular formula is C94H151N10O33S+. The lowest BCUT2D eigenvalue weighted by Gasteiger charge is -2.45. The highest BCUT2D eigenvalue weighted by Crippen LogP contribution is 2.37. The Hall–Kier alpha value is -9.01. The van der Waals surface area contributed by atoms with Crippen LogP contribution in [0.3, 0.4) is 0 Å². The first-order valence-electron chi connectivity index (χ1n) is 47.5. The molecule has 7 amide bonds. The Kier molecular flexibility index (Phi) is 59.0. The fraction of sp³-hybridized carbons (Fsp3) is 0.713. The Bertz CT molecular complexity index is 4090. The van der Waals surface area contributed by atoms with Crippen LogP contribution in [-0.4, -0.2) is 376 Å². The fourth-order valence-electron chi connectivity index (χ4n) is 15.3. The number of carbonyl (C=O) groups is 12. The molecule has 15 atom stereocenters. The van der Waals surface area contributed by atoms with Gasteiger partial charge in [0.2, 0.25) is 41.7 Å². The van der Waals surface area contributed by atoms with Gasteiger partial charge in [0.25, 0.3) is 5.91 Å². The van der Waals surface area contributed by atoms with Crippen molar-refractivity contribution in [1.29, 1.82) is 0 Å². The number of rotatable bonds is 77. The maximum absolute atomic E-state index is 15.3. The number of methoxy groups -OCH3 is 1. The molecule has 3 aromatic rings. The third-order valence-electron chi connectivity index (χ3n) is 23.2. The lowest BCUT2D eigenvalue weighted by atomic mass is 9.82. The van der Waals surface area contributed by atoms with Crippen LogP contribution < -0.4 is 42.4 Å². The number of nitrogens with zero attached hydrogens (tertiary/aromatic N) is 3. The number of likely N-dealkylation sites (N-methyl/N-ethyl adjacent to an activating group) is 1. The summed E-state index contributed by atoms with van der Waals surface area (Å²) >= 11 is 1.09. The normalized spacial score (nSPS) is 18.8. The van der Waals surface area contributed by atoms with Crippen LogP contribution in [0, 0.1) is 23.7 Å². The summed E-state index contributed by atoms with van der Waals surface area (Å²) in [5.41, 5.74) is 7.24. The van der Waals surface area contributed by atoms with E-state index in [9.17, 15) is 73.5 Å². The third-order valence-corrected chi connectivity index (χ3v) is 24.2. The molecule has 2 aliphatic rings. The van der Waals surface area contributed by atoms with Gasteiger partial charge < -0.3 is 149 Å². The topological polar surface area (TPSA) is 579 Å². The van der Waals surface area contributed by atoms with E-state index in [1.165, 1.54) is 24.4 Å². The van der Waals surface area contributed by atoms with E-state index < -0.39 is 158 Å². The van der Waals surface area contributed by atoms with Gasteiger partial charge >= 0.3 is 23.9 Å². The van der Waals surface area contributed by atoms with Crippen molar-refractivity contribution in [2.24, 2.45) is 29.4 Å². The molecule has 2 unspecified atom stereocenters. The third kappa shape index (κ3) is 46.6. The number of likely N-dealkylation sites (tertiary alicyclic amines) is 1. The van der Waals surface area contributed by atoms with E-state index in [2.05, 4.69) is 36.9 Å². The fourth-order valence-corrected chi connectivity index (χ4v) is 16.2. The molecule has 3 heterocycles. The van der Waals surface area contributed by atoms with Crippen LogP contribution in [0.2, 0.25) is 0 Å². The quantitative estimate of drug-likeness (QED) is 0.0219. The van der Waals surface area contributed by atoms with Gasteiger partial charge in [0, 0.05) is 108 Å². The highest BCUT2D eigenvalue weighted by atomic mass is 32.1. The molecule has 43 nitrogen and oxygen atoms in total. The molecule has 2 aliphatic heterocycles. The number of ether oxygens (including phenoxy) is 15. The highest BCUT2D eigenvalue weighted by molar-refractivity contribution is 7.09. The van der Waals surface area contributed by atoms with Crippen LogP contribution >= 0.6 is 11.3 Å². The largest absolute Gasteiger partial charge is 0.481 e. The second-order valence-corrected chi connectivity index (χ2v) is 35.3. The van der Waals surface area contributed by atoms with E-state index in [0.717, 1.165) is 16.9 Å². The number of anilines is 1. The number of aliphatic carboxylic acids is 3. The molecule has 2 fully saturated rings. The van der Waals surface area contributed by atoms with Gasteiger partial charge in [0.1, 0.15) is 59.4 Å². The van der Waals surface area contributed by atoms with Crippen LogP contribution in [0.15, 0.2) is 53.9 Å². The van der Waals surface area contributed by atoms with Crippen LogP contribution in [0.1, 0.15) is 164 Å². The number of Topliss-reactive ketones (excluding diaryl/α,β-unsaturated/α-hetero) is 1. The van der Waals surface area contributed by atoms with E-state index in [-0.39, 0.29) is 129 Å². The molecule has 2 aromatic carbocycles. The van der Waals surface area contributed by atoms with Gasteiger partial charge in [-0.25, -0.2) is 9.78 Å². The molecule has 5 rings (SSSR count). The molecule has 138 heavy (non-hydrogen) atoms. The van der Waals surface area contributed by atoms with E-state index in [1.54, 1.807) is 32.0 Å². The SMILES string of the molecule is CC[C@H](C)C(CC(=O)[C@H]1CCCC[N+]1(C)Cc1ccc(O[C@@H]2O[C@H](C(=O)O)[C@@H](O)[C@H](O)[C@H]2O)c(NC(=O)CCNC(=O)[C@H](CCCCNC(=O)CCOCCOCCOCCOCCOCCOCCOCCOCCOCCOCCOCCOC)NC(=O)[C@H](CN)NC(=O)CCC(=O)O)c1)C(=O)N(C)[C@H](C[C@@H](OC(C)=O)c1nc(C(=O)N[C@@H](Cc2ccccc2)C[C@H](C)C(=O)O)cs1)C(C)C. The molecule has 1 aromatic heterocycles. The van der Waals surface area contributed by atoms with Crippen molar-refractivity contribution in [2.45, 2.75) is 211 Å². The molecule has 0 spiro atoms. The number of unbranched alkanes of at least 4 members (excludes halogenated alkanes) is 1. The molecule has 0 aliphatic carbocycles. The number of ketones is 1. The standard InChI is InChI=1S/C94H150N10O33S/c1-10-63(4)69(91(118)103(7)74(62(2)3)58-78(135-65(6)105)90-102-73(61-138-90)89(117)98-68(54-64(5)92(119)120)55-66-18-12-11-13-19-66)57-76(106)75-21-15-17-30-104(75,8)60-67-22-23-77(136-94-85(114)83(112)84(113)86(137-94)93(121)122)71(56-67)99-81(109)26-29-97-87(115)70(101-88(116)72(59-95)100-80(108)24-25-82(110)111)20-14-16-28-96-79(107)27-31-124-34-35-126-38-39-128-42-43-130-46-47-132-50-51-134-53-52-133-49-48-131-45-44-129-41-40-127-37-36-125-33-32-123-9/h11-13,18-19,22-23,56,61-64,68-70,72,74-75,78,83-86,94,112-114H,10,14-17,20-21,24-55,57-60,95H2,1-9H3,(H8-,96,97,98,99,100,101,107,108,109,110,111,115,116,117,119,120,121,122)/p+1/t63-,64-,68+,69?,70-,72-,74+,75+,78+,83-,84-,85+,86-,94+,104?/m0/s1. The van der Waals surface area contributed by atoms with E-state index in [0.29, 0.717) is 188 Å². The van der Waals surface area contributed by atoms with Crippen molar-refractivity contribution in [3.8, 4) is 5.75 Å². The average Bonchev–Trinajstić information content (AvgIpc) is 1.08. The lowest BCUT2D eigenvalue weighted by molar-refractivity contribution is -0.941. The number of quaternary nitrogens is 1. The van der Waals surface area contributed by atoms with Crippen LogP contribution in [0.5, 0.6) is 5.75 Å². The van der Waals surface area contributed by atoms with E-state index in [4.69, 9.17) is 81.9 Å². The van der Waals surface area contributed by atoms with Crippen LogP contribution in [0.4, 0.5) is 5.69 Å². The van der Waals surface area contributed by atoms with Gasteiger partial charge in [-0.3, -0.25) is 52.7 Å². The number of benzene rings is 2. The van der Waals surface area contributed by atoms with Gasteiger partial charge in [-0.1, -0.05) is 71.4 Å². The summed E-state index contributed by atoms with van der Waals surface area (Å²) in [5.74, 6) is -11.5. The Morgan fingerprint density at radius 2 is 1.17 bits per heavy atom. The molecule has 0 bridgehead atoms. The van der Waals surface area contributed by atoms with Crippen molar-refractivity contribution in [3.05, 3.63) is 75.7 Å². The van der Waals surface area contributed by atoms with Gasteiger partial charge in [0.15, 0.2) is 18.0 Å². The van der Waals surface area contributed by atoms with Gasteiger partial charge in [-0.15, -0.1) is 11.3 Å². The number of carbonyl (C=O) groups excluding carboxylic acids is 9. The minimum atomic E-state index is -2.08. The summed E-state index contributed by atoms with van der Waals surface area (Å²) < 4.78 is 83.0. The Labute approximate surface area is 811 Å². The summed E-state index contributed by atoms with van der Waals surface area (Å²) in [4.78, 5) is 166. The first kappa shape index (κ1) is 119. The molecule has 14 N–H and O–H groups in total. The van der Waals surface area contributed by atoms with Crippen molar-refractivity contribution >= 4 is 88.0 Å². The molecule has 44 heteroatoms. The maximum atomic E-state index is 15.3. The molecule has 0 saturated carbocycles. The van der Waals surface area contributed by atoms with Gasteiger partial charge in [0.05, 0.1) is 184 Å². The number of aromatic nitrogens is 1. The molecule has 0 radical (unpaired) electrons. The minimum Gasteiger partial charge on any atom is -0.481 e. The van der Waals surface area contributed by atoms with E-state index in [1.807, 2.05) is 65.1 Å². The van der Waals surface area contributed by atoms with Crippen LogP contribution in [0.25, 0.3) is 0 Å². The number of nitrogens with two attached hydrogens (primary N) is 1. The Morgan fingerprint density at radius 3 is 1.70 bits per heavy atom. The summed E-state index contributed by atoms with van der Waals surface area (Å²) in [5, 5.41) is 79.2. The van der Waals surface area contributed by atoms with Crippen molar-refractivity contribution in [1.82, 2.24) is 36.5 Å². The highest BCUT2D eigenvalue weighted by Gasteiger charge is 2.49. The number of amides is 7. The first-order valence-corrected chi connectivity index (χ1v) is 48.3. The second kappa shape index (κ2) is 68.2. The average molecular weight is 1980 g/mol. The predicted octanol–water partition coefficient (Wildman–Crippen LogP) is 2.91. The predicted molar refractivity (Wildman–Crippen MR) is 500 cm³/mol. The molecular weight excluding hydrogens is 1830 g/mol. The zero-order valence-corrected chi connectivity index (χ0v) is 82.1. The van der Waals surface area contributed by atoms with Crippen molar-refractivity contribution < 1.29 is 164 Å². The number of aliphatic hydroxyl groups excluding tert-OH is 3. The summed E-state index contributed by atoms with van der Waals surface area (Å²) in [6.45, 7) is 19.7. The number of thiazole rings is 1. The van der Waals surface area contributed by atoms with Gasteiger partial charge in [-0.2, -0.15) is 0 Å². The number of esters is 1. The summed E-state index contributed by atoms with van der Waals surface area (Å²) in [6, 6.07) is 9.31. The second-order valence-electron chi connectivity index (χ2n) is 34.4. The van der Waals surface area contributed by atoms with Gasteiger partial charge in [-0.05, 0) is 80.5 Å². The number of hydrogen-bond donors (Lipinski definition) is 13. The molecule has 780 valence electrons. The minimum absolute atomic E-state index is 0.0244. The number of nitrogens with one attached hydrogen (secondary N) is 6. The Balaban J connectivity index is 1.13. The number of piperidine rings is 1. The van der Waals surface area contributed by atoms with Crippen LogP contribution in [-0.2, 0) is 132 Å². The lowest BCUT2D eigenvalue weighted by Crippen LogP contribution is -2.61. The molecule has 2 saturated heterocycles. The summed E-state index contributed by atoms with van der Waals surface area (Å²) in [6.07, 6.45) is -9.37. The number of carboxylic acid groups (broad SMARTS) is 3.